The molecule has 0 aromatic heterocycles. The maximum absolute atomic E-state index is 14.0. The Kier molecular flexibility index (Phi) is 3.34. The summed E-state index contributed by atoms with van der Waals surface area (Å²) in [5, 5.41) is 0. The highest BCUT2D eigenvalue weighted by molar-refractivity contribution is 5.54. The Balaban J connectivity index is 1.87. The molecule has 0 spiro atoms. The minimum atomic E-state index is -2.67. The second-order valence-electron chi connectivity index (χ2n) is 6.87. The van der Waals surface area contributed by atoms with E-state index in [0.717, 1.165) is 28.2 Å². The van der Waals surface area contributed by atoms with E-state index in [1.54, 1.807) is 7.11 Å². The van der Waals surface area contributed by atoms with Gasteiger partial charge in [-0.2, -0.15) is 0 Å². The molecule has 0 amide bonds. The zero-order valence-electron chi connectivity index (χ0n) is 13.8. The van der Waals surface area contributed by atoms with Crippen molar-refractivity contribution in [3.8, 4) is 11.5 Å². The molecule has 2 aromatic carbocycles. The molecule has 0 N–H and O–H groups in total. The van der Waals surface area contributed by atoms with Crippen LogP contribution in [0.1, 0.15) is 36.0 Å². The summed E-state index contributed by atoms with van der Waals surface area (Å²) in [7, 11) is 1.62. The summed E-state index contributed by atoms with van der Waals surface area (Å²) in [4.78, 5) is 0. The monoisotopic (exact) mass is 330 g/mol. The van der Waals surface area contributed by atoms with Gasteiger partial charge in [-0.15, -0.1) is 0 Å². The first-order valence-electron chi connectivity index (χ1n) is 8.25. The number of aryl methyl sites for hydroxylation is 1. The third-order valence-electron chi connectivity index (χ3n) is 5.41. The number of hydrogen-bond donors (Lipinski definition) is 0. The molecular weight excluding hydrogens is 310 g/mol. The smallest absolute Gasteiger partial charge is 0.251 e. The second kappa shape index (κ2) is 5.20. The molecular formula is C20H20F2O2. The lowest BCUT2D eigenvalue weighted by Crippen LogP contribution is -2.48. The maximum atomic E-state index is 14.0. The first kappa shape index (κ1) is 15.4. The van der Waals surface area contributed by atoms with Crippen LogP contribution in [0.4, 0.5) is 8.78 Å². The van der Waals surface area contributed by atoms with Crippen LogP contribution in [0.15, 0.2) is 42.5 Å². The van der Waals surface area contributed by atoms with Crippen LogP contribution in [0, 0.1) is 6.92 Å². The van der Waals surface area contributed by atoms with Crippen molar-refractivity contribution in [2.75, 3.05) is 7.11 Å². The molecule has 4 rings (SSSR count). The van der Waals surface area contributed by atoms with Crippen LogP contribution in [0.2, 0.25) is 0 Å². The third-order valence-corrected chi connectivity index (χ3v) is 5.41. The van der Waals surface area contributed by atoms with Gasteiger partial charge >= 0.3 is 0 Å². The number of benzene rings is 2. The number of fused-ring (bicyclic) bond motifs is 3. The quantitative estimate of drug-likeness (QED) is 0.782. The van der Waals surface area contributed by atoms with Crippen LogP contribution >= 0.6 is 0 Å². The maximum Gasteiger partial charge on any atom is 0.251 e. The van der Waals surface area contributed by atoms with E-state index in [1.807, 2.05) is 49.4 Å². The van der Waals surface area contributed by atoms with E-state index in [4.69, 9.17) is 9.47 Å². The van der Waals surface area contributed by atoms with Crippen molar-refractivity contribution < 1.29 is 18.3 Å². The van der Waals surface area contributed by atoms with Gasteiger partial charge in [-0.1, -0.05) is 24.3 Å². The van der Waals surface area contributed by atoms with Gasteiger partial charge < -0.3 is 9.47 Å². The predicted octanol–water partition coefficient (Wildman–Crippen LogP) is 4.87. The number of alkyl halides is 2. The number of methoxy groups -OCH3 is 1. The second-order valence-corrected chi connectivity index (χ2v) is 6.87. The summed E-state index contributed by atoms with van der Waals surface area (Å²) >= 11 is 0. The SMILES string of the molecule is COc1ccc(C23CCC(F)(F)CC2Oc2cc(C)ccc23)cc1. The molecule has 0 saturated heterocycles. The number of rotatable bonds is 2. The lowest BCUT2D eigenvalue weighted by atomic mass is 9.63. The van der Waals surface area contributed by atoms with Gasteiger partial charge in [0.05, 0.1) is 12.5 Å². The van der Waals surface area contributed by atoms with Crippen molar-refractivity contribution in [2.45, 2.75) is 43.6 Å². The summed E-state index contributed by atoms with van der Waals surface area (Å²) < 4.78 is 39.4. The van der Waals surface area contributed by atoms with E-state index in [2.05, 4.69) is 0 Å². The lowest BCUT2D eigenvalue weighted by Gasteiger charge is -2.41. The summed E-state index contributed by atoms with van der Waals surface area (Å²) in [6.45, 7) is 1.99. The van der Waals surface area contributed by atoms with Crippen LogP contribution < -0.4 is 9.47 Å². The Morgan fingerprint density at radius 3 is 2.54 bits per heavy atom. The minimum Gasteiger partial charge on any atom is -0.497 e. The van der Waals surface area contributed by atoms with Crippen LogP contribution in [0.25, 0.3) is 0 Å². The molecule has 1 heterocycles. The molecule has 1 aliphatic heterocycles. The van der Waals surface area contributed by atoms with Crippen molar-refractivity contribution in [1.82, 2.24) is 0 Å². The largest absolute Gasteiger partial charge is 0.497 e. The Hall–Kier alpha value is -2.10. The first-order chi connectivity index (χ1) is 11.4. The lowest BCUT2D eigenvalue weighted by molar-refractivity contribution is -0.0829. The molecule has 1 saturated carbocycles. The Morgan fingerprint density at radius 1 is 1.08 bits per heavy atom. The topological polar surface area (TPSA) is 18.5 Å². The normalized spacial score (nSPS) is 27.1. The van der Waals surface area contributed by atoms with Crippen molar-refractivity contribution >= 4 is 0 Å². The van der Waals surface area contributed by atoms with Gasteiger partial charge in [0.2, 0.25) is 0 Å². The van der Waals surface area contributed by atoms with Gasteiger partial charge in [-0.25, -0.2) is 8.78 Å². The fraction of sp³-hybridized carbons (Fsp3) is 0.400. The van der Waals surface area contributed by atoms with Crippen LogP contribution in [0.3, 0.4) is 0 Å². The van der Waals surface area contributed by atoms with E-state index >= 15 is 0 Å². The predicted molar refractivity (Wildman–Crippen MR) is 88.2 cm³/mol. The highest BCUT2D eigenvalue weighted by atomic mass is 19.3. The van der Waals surface area contributed by atoms with Gasteiger partial charge in [-0.3, -0.25) is 0 Å². The fourth-order valence-corrected chi connectivity index (χ4v) is 4.16. The van der Waals surface area contributed by atoms with Crippen LogP contribution in [0.5, 0.6) is 11.5 Å². The van der Waals surface area contributed by atoms with Gasteiger partial charge in [0.1, 0.15) is 17.6 Å². The standard InChI is InChI=1S/C20H20F2O2/c1-13-3-8-16-17(11-13)24-18-12-19(21,22)9-10-20(16,18)14-4-6-15(23-2)7-5-14/h3-8,11,18H,9-10,12H2,1-2H3. The molecule has 1 aliphatic carbocycles. The van der Waals surface area contributed by atoms with Gasteiger partial charge in [-0.05, 0) is 42.7 Å². The minimum absolute atomic E-state index is 0.119. The highest BCUT2D eigenvalue weighted by Gasteiger charge is 2.57. The average Bonchev–Trinajstić information content (AvgIpc) is 2.86. The van der Waals surface area contributed by atoms with Gasteiger partial charge in [0.15, 0.2) is 0 Å². The molecule has 2 unspecified atom stereocenters. The van der Waals surface area contributed by atoms with E-state index in [1.165, 1.54) is 0 Å². The zero-order chi connectivity index (χ0) is 16.9. The van der Waals surface area contributed by atoms with Gasteiger partial charge in [0.25, 0.3) is 5.92 Å². The Bertz CT molecular complexity index is 770. The Morgan fingerprint density at radius 2 is 1.83 bits per heavy atom. The van der Waals surface area contributed by atoms with E-state index in [9.17, 15) is 8.78 Å². The molecule has 2 atom stereocenters. The van der Waals surface area contributed by atoms with Crippen LogP contribution in [-0.4, -0.2) is 19.1 Å². The molecule has 1 fully saturated rings. The average molecular weight is 330 g/mol. The number of hydrogen-bond acceptors (Lipinski definition) is 2. The summed E-state index contributed by atoms with van der Waals surface area (Å²) in [5.74, 6) is -1.16. The molecule has 2 aliphatic rings. The molecule has 2 aromatic rings. The van der Waals surface area contributed by atoms with E-state index in [0.29, 0.717) is 6.42 Å². The van der Waals surface area contributed by atoms with E-state index in [-0.39, 0.29) is 12.8 Å². The third kappa shape index (κ3) is 2.20. The molecule has 4 heteroatoms. The van der Waals surface area contributed by atoms with Crippen molar-refractivity contribution in [3.63, 3.8) is 0 Å². The molecule has 2 nitrogen and oxygen atoms in total. The zero-order valence-corrected chi connectivity index (χ0v) is 13.8. The number of ether oxygens (including phenoxy) is 2. The summed E-state index contributed by atoms with van der Waals surface area (Å²) in [6, 6.07) is 13.8. The molecule has 24 heavy (non-hydrogen) atoms. The highest BCUT2D eigenvalue weighted by Crippen LogP contribution is 2.57. The van der Waals surface area contributed by atoms with Gasteiger partial charge in [0, 0.05) is 18.4 Å². The molecule has 0 bridgehead atoms. The first-order valence-corrected chi connectivity index (χ1v) is 8.25. The van der Waals surface area contributed by atoms with Crippen molar-refractivity contribution in [3.05, 3.63) is 59.2 Å². The summed E-state index contributed by atoms with van der Waals surface area (Å²) in [5.41, 5.74) is 2.62. The summed E-state index contributed by atoms with van der Waals surface area (Å²) in [6.07, 6.45) is -0.516. The number of halogens is 2. The molecule has 126 valence electrons. The fourth-order valence-electron chi connectivity index (χ4n) is 4.16. The van der Waals surface area contributed by atoms with Crippen LogP contribution in [-0.2, 0) is 5.41 Å². The van der Waals surface area contributed by atoms with Crippen molar-refractivity contribution in [1.29, 1.82) is 0 Å². The van der Waals surface area contributed by atoms with Crippen molar-refractivity contribution in [2.24, 2.45) is 0 Å². The van der Waals surface area contributed by atoms with E-state index < -0.39 is 17.4 Å². The Labute approximate surface area is 140 Å². The molecule has 0 radical (unpaired) electrons.